The molecule has 144 valence electrons. The molecule has 0 saturated carbocycles. The van der Waals surface area contributed by atoms with E-state index < -0.39 is 10.8 Å². The molecule has 0 unspecified atom stereocenters. The number of amides is 1. The number of nitrogens with one attached hydrogen (secondary N) is 1. The topological polar surface area (TPSA) is 95.7 Å². The van der Waals surface area contributed by atoms with Gasteiger partial charge in [-0.3, -0.25) is 19.8 Å². The summed E-state index contributed by atoms with van der Waals surface area (Å²) in [6, 6.07) is 9.87. The second-order valence-electron chi connectivity index (χ2n) is 5.60. The van der Waals surface area contributed by atoms with Gasteiger partial charge in [-0.2, -0.15) is 0 Å². The maximum absolute atomic E-state index is 13.0. The van der Waals surface area contributed by atoms with Crippen molar-refractivity contribution in [1.29, 1.82) is 0 Å². The second kappa shape index (κ2) is 10.0. The standard InChI is InChI=1S/C18H20FN3O4S/c1-2-21(12-23)10-9-20-18(24)13-3-8-17(16(11-13)22(25)26)27-15-6-4-14(19)5-7-15/h3-8,11,23H,2,9-10,12H2,1H3,(H,20,24). The van der Waals surface area contributed by atoms with E-state index >= 15 is 0 Å². The van der Waals surface area contributed by atoms with E-state index in [1.165, 1.54) is 42.5 Å². The predicted molar refractivity (Wildman–Crippen MR) is 100 cm³/mol. The Morgan fingerprint density at radius 1 is 1.30 bits per heavy atom. The van der Waals surface area contributed by atoms with E-state index in [1.54, 1.807) is 4.90 Å². The van der Waals surface area contributed by atoms with Gasteiger partial charge in [0.05, 0.1) is 16.5 Å². The Bertz CT molecular complexity index is 798. The van der Waals surface area contributed by atoms with Crippen LogP contribution in [-0.4, -0.2) is 47.2 Å². The van der Waals surface area contributed by atoms with Gasteiger partial charge in [-0.05, 0) is 42.9 Å². The van der Waals surface area contributed by atoms with Crippen LogP contribution in [0, 0.1) is 15.9 Å². The summed E-state index contributed by atoms with van der Waals surface area (Å²) in [5.74, 6) is -0.811. The summed E-state index contributed by atoms with van der Waals surface area (Å²) < 4.78 is 13.0. The number of nitro groups is 1. The fraction of sp³-hybridized carbons (Fsp3) is 0.278. The highest BCUT2D eigenvalue weighted by Gasteiger charge is 2.18. The average Bonchev–Trinajstić information content (AvgIpc) is 2.67. The fourth-order valence-corrected chi connectivity index (χ4v) is 3.18. The smallest absolute Gasteiger partial charge is 0.284 e. The molecule has 1 amide bonds. The predicted octanol–water partition coefficient (Wildman–Crippen LogP) is 2.89. The Kier molecular flexibility index (Phi) is 7.71. The average molecular weight is 393 g/mol. The van der Waals surface area contributed by atoms with Crippen LogP contribution in [0.2, 0.25) is 0 Å². The molecule has 0 atom stereocenters. The molecule has 2 aromatic carbocycles. The monoisotopic (exact) mass is 393 g/mol. The first-order valence-corrected chi connectivity index (χ1v) is 9.09. The van der Waals surface area contributed by atoms with E-state index in [9.17, 15) is 19.3 Å². The third kappa shape index (κ3) is 6.02. The van der Waals surface area contributed by atoms with Gasteiger partial charge in [-0.15, -0.1) is 0 Å². The Balaban J connectivity index is 2.10. The van der Waals surface area contributed by atoms with Gasteiger partial charge in [0.2, 0.25) is 0 Å². The number of hydrogen-bond acceptors (Lipinski definition) is 6. The third-order valence-electron chi connectivity index (χ3n) is 3.82. The lowest BCUT2D eigenvalue weighted by molar-refractivity contribution is -0.387. The molecule has 2 aromatic rings. The molecule has 0 aliphatic heterocycles. The SMILES string of the molecule is CCN(CO)CCNC(=O)c1ccc(Sc2ccc(F)cc2)c([N+](=O)[O-])c1. The van der Waals surface area contributed by atoms with Crippen molar-refractivity contribution in [3.63, 3.8) is 0 Å². The number of aliphatic hydroxyl groups is 1. The first kappa shape index (κ1) is 20.8. The summed E-state index contributed by atoms with van der Waals surface area (Å²) in [6.45, 7) is 3.21. The van der Waals surface area contributed by atoms with E-state index in [2.05, 4.69) is 5.32 Å². The van der Waals surface area contributed by atoms with Crippen molar-refractivity contribution < 1.29 is 19.2 Å². The molecule has 2 N–H and O–H groups in total. The summed E-state index contributed by atoms with van der Waals surface area (Å²) in [5.41, 5.74) is -0.0141. The van der Waals surface area contributed by atoms with Crippen molar-refractivity contribution in [3.8, 4) is 0 Å². The first-order chi connectivity index (χ1) is 12.9. The van der Waals surface area contributed by atoms with Crippen LogP contribution < -0.4 is 5.32 Å². The summed E-state index contributed by atoms with van der Waals surface area (Å²) in [7, 11) is 0. The Morgan fingerprint density at radius 2 is 2.00 bits per heavy atom. The van der Waals surface area contributed by atoms with Gasteiger partial charge < -0.3 is 10.4 Å². The minimum atomic E-state index is -0.548. The number of carbonyl (C=O) groups is 1. The molecule has 0 saturated heterocycles. The zero-order valence-electron chi connectivity index (χ0n) is 14.7. The van der Waals surface area contributed by atoms with Crippen molar-refractivity contribution in [1.82, 2.24) is 10.2 Å². The Morgan fingerprint density at radius 3 is 2.59 bits per heavy atom. The van der Waals surface area contributed by atoms with E-state index in [0.717, 1.165) is 11.8 Å². The molecular formula is C18H20FN3O4S. The van der Waals surface area contributed by atoms with Crippen molar-refractivity contribution in [2.45, 2.75) is 16.7 Å². The minimum Gasteiger partial charge on any atom is -0.381 e. The maximum atomic E-state index is 13.0. The van der Waals surface area contributed by atoms with Crippen molar-refractivity contribution in [2.75, 3.05) is 26.4 Å². The zero-order valence-corrected chi connectivity index (χ0v) is 15.5. The van der Waals surface area contributed by atoms with Gasteiger partial charge in [-0.25, -0.2) is 4.39 Å². The largest absolute Gasteiger partial charge is 0.381 e. The number of nitrogens with zero attached hydrogens (tertiary/aromatic N) is 2. The molecule has 0 heterocycles. The van der Waals surface area contributed by atoms with E-state index in [4.69, 9.17) is 5.11 Å². The number of benzene rings is 2. The maximum Gasteiger partial charge on any atom is 0.284 e. The number of likely N-dealkylation sites (N-methyl/N-ethyl adjacent to an activating group) is 1. The van der Waals surface area contributed by atoms with Crippen molar-refractivity contribution in [3.05, 3.63) is 64.0 Å². The van der Waals surface area contributed by atoms with Crippen LogP contribution in [0.3, 0.4) is 0 Å². The molecule has 27 heavy (non-hydrogen) atoms. The van der Waals surface area contributed by atoms with Gasteiger partial charge in [0, 0.05) is 29.6 Å². The van der Waals surface area contributed by atoms with Crippen LogP contribution in [0.1, 0.15) is 17.3 Å². The van der Waals surface area contributed by atoms with Crippen LogP contribution >= 0.6 is 11.8 Å². The number of hydrogen-bond donors (Lipinski definition) is 2. The number of nitro benzene ring substituents is 1. The lowest BCUT2D eigenvalue weighted by Crippen LogP contribution is -2.35. The molecule has 0 aromatic heterocycles. The van der Waals surface area contributed by atoms with Gasteiger partial charge in [0.1, 0.15) is 5.82 Å². The lowest BCUT2D eigenvalue weighted by Gasteiger charge is -2.17. The molecule has 0 aliphatic rings. The highest BCUT2D eigenvalue weighted by molar-refractivity contribution is 7.99. The number of rotatable bonds is 9. The van der Waals surface area contributed by atoms with E-state index in [1.807, 2.05) is 6.92 Å². The highest BCUT2D eigenvalue weighted by Crippen LogP contribution is 2.35. The van der Waals surface area contributed by atoms with Gasteiger partial charge in [-0.1, -0.05) is 18.7 Å². The Labute approximate surface area is 160 Å². The van der Waals surface area contributed by atoms with E-state index in [-0.39, 0.29) is 23.8 Å². The molecule has 7 nitrogen and oxygen atoms in total. The summed E-state index contributed by atoms with van der Waals surface area (Å²) >= 11 is 1.12. The summed E-state index contributed by atoms with van der Waals surface area (Å²) in [5, 5.41) is 23.2. The van der Waals surface area contributed by atoms with Gasteiger partial charge in [0.15, 0.2) is 0 Å². The lowest BCUT2D eigenvalue weighted by atomic mass is 10.2. The summed E-state index contributed by atoms with van der Waals surface area (Å²) in [4.78, 5) is 25.8. The third-order valence-corrected chi connectivity index (χ3v) is 4.89. The number of aliphatic hydroxyl groups excluding tert-OH is 1. The quantitative estimate of drug-likeness (QED) is 0.386. The second-order valence-corrected chi connectivity index (χ2v) is 6.72. The fourth-order valence-electron chi connectivity index (χ4n) is 2.28. The molecule has 0 bridgehead atoms. The Hall–Kier alpha value is -2.49. The minimum absolute atomic E-state index is 0.104. The highest BCUT2D eigenvalue weighted by atomic mass is 32.2. The van der Waals surface area contributed by atoms with Crippen LogP contribution in [0.4, 0.5) is 10.1 Å². The van der Waals surface area contributed by atoms with Crippen LogP contribution in [0.25, 0.3) is 0 Å². The molecule has 9 heteroatoms. The van der Waals surface area contributed by atoms with Crippen molar-refractivity contribution in [2.24, 2.45) is 0 Å². The summed E-state index contributed by atoms with van der Waals surface area (Å²) in [6.07, 6.45) is 0. The van der Waals surface area contributed by atoms with E-state index in [0.29, 0.717) is 29.4 Å². The first-order valence-electron chi connectivity index (χ1n) is 8.28. The molecule has 2 rings (SSSR count). The van der Waals surface area contributed by atoms with Crippen LogP contribution in [0.5, 0.6) is 0 Å². The zero-order chi connectivity index (χ0) is 19.8. The number of carbonyl (C=O) groups excluding carboxylic acids is 1. The molecule has 0 aliphatic carbocycles. The van der Waals surface area contributed by atoms with Gasteiger partial charge >= 0.3 is 0 Å². The van der Waals surface area contributed by atoms with Gasteiger partial charge in [0.25, 0.3) is 11.6 Å². The molecular weight excluding hydrogens is 373 g/mol. The molecule has 0 fully saturated rings. The van der Waals surface area contributed by atoms with Crippen molar-refractivity contribution >= 4 is 23.4 Å². The van der Waals surface area contributed by atoms with Crippen LogP contribution in [-0.2, 0) is 0 Å². The van der Waals surface area contributed by atoms with Crippen LogP contribution in [0.15, 0.2) is 52.3 Å². The molecule has 0 radical (unpaired) electrons. The normalized spacial score (nSPS) is 10.8. The number of halogens is 1. The molecule has 0 spiro atoms.